The maximum absolute atomic E-state index is 9.25. The summed E-state index contributed by atoms with van der Waals surface area (Å²) in [6, 6.07) is 17.5. The first-order valence-electron chi connectivity index (χ1n) is 28.3. The minimum absolute atomic E-state index is 0.00227. The molecule has 0 fully saturated rings. The third kappa shape index (κ3) is 8.36. The first-order valence-corrected chi connectivity index (χ1v) is 20.8. The minimum Gasteiger partial charge on any atom is -0.493 e. The summed E-state index contributed by atoms with van der Waals surface area (Å²) in [5.41, 5.74) is 5.18. The van der Waals surface area contributed by atoms with Crippen LogP contribution in [0.25, 0.3) is 0 Å². The summed E-state index contributed by atoms with van der Waals surface area (Å²) >= 11 is 0. The average Bonchev–Trinajstić information content (AvgIpc) is 3.65. The standard InChI is InChI=1S/C54H54O12/c1-55-43-19-31-13-38-26-50-45(57-3)21-33(38)15-39-27-52-44(56-2)20-32(39)14-37(31)25-49(43)61-7-8-62-51-28-40-16-35-23-47(59-5)53(65-10-9-63-50)30-42(35)18-36-24-48(60-6)54(66-12-11-64-52)29-41(36)17-34(40)22-46(51)58-4/h19-30H,7-18H2,1-6H3/i1D3,7D2,8D2,9D2,10D2,11D2,12D2. The van der Waals surface area contributed by atoms with E-state index < -0.39 is 57.9 Å². The molecule has 2 aliphatic carbocycles. The zero-order chi connectivity index (χ0) is 58.6. The SMILES string of the molecule is [2H]C([2H])([2H])Oc1cc2c3cc1OC([2H])([2H])C([2H])([2H])Oc1cc4c(cc1OC)Cc1cc5c(OC)cc1Cc1cc(c(OC)cc1C4)OC([2H])([2H])C([2H])([2H])Oc1cc(c(cc1OC)Cc1cc(c(OC)cc1C3)OC([2H])([2H])C([2H])([2H])O5)C2. The van der Waals surface area contributed by atoms with Crippen LogP contribution in [0.2, 0.25) is 0 Å². The van der Waals surface area contributed by atoms with Gasteiger partial charge in [-0.05, 0) is 178 Å². The summed E-state index contributed by atoms with van der Waals surface area (Å²) in [5, 5.41) is 0. The molecule has 6 aromatic rings. The fourth-order valence-electron chi connectivity index (χ4n) is 8.88. The molecule has 12 aliphatic heterocycles. The van der Waals surface area contributed by atoms with Crippen LogP contribution in [0.3, 0.4) is 0 Å². The molecule has 12 heteroatoms. The van der Waals surface area contributed by atoms with Gasteiger partial charge in [0.25, 0.3) is 0 Å². The molecule has 6 aromatic carbocycles. The van der Waals surface area contributed by atoms with Crippen LogP contribution in [0, 0.1) is 0 Å². The molecule has 0 unspecified atom stereocenters. The summed E-state index contributed by atoms with van der Waals surface area (Å²) < 4.78 is 206. The lowest BCUT2D eigenvalue weighted by Crippen LogP contribution is -2.12. The Balaban J connectivity index is 1.34. The van der Waals surface area contributed by atoms with Crippen LogP contribution < -0.4 is 56.8 Å². The molecular weight excluding hydrogens is 841 g/mol. The molecule has 12 nitrogen and oxygen atoms in total. The Morgan fingerprint density at radius 1 is 0.288 bits per heavy atom. The van der Waals surface area contributed by atoms with Crippen molar-refractivity contribution in [2.24, 2.45) is 0 Å². The highest BCUT2D eigenvalue weighted by Crippen LogP contribution is 2.44. The van der Waals surface area contributed by atoms with Crippen LogP contribution in [0.1, 0.15) is 87.3 Å². The van der Waals surface area contributed by atoms with Gasteiger partial charge < -0.3 is 56.8 Å². The topological polar surface area (TPSA) is 111 Å². The lowest BCUT2D eigenvalue weighted by molar-refractivity contribution is 0.205. The van der Waals surface area contributed by atoms with Crippen LogP contribution in [-0.4, -0.2) is 81.9 Å². The molecule has 14 aliphatic rings. The molecule has 0 amide bonds. The van der Waals surface area contributed by atoms with E-state index in [1.54, 1.807) is 18.2 Å². The highest BCUT2D eigenvalue weighted by atomic mass is 16.6. The molecule has 0 radical (unpaired) electrons. The summed E-state index contributed by atoms with van der Waals surface area (Å²) in [6.45, 7) is -20.1. The number of hydrogen-bond donors (Lipinski definition) is 0. The molecule has 18 bridgehead atoms. The van der Waals surface area contributed by atoms with Gasteiger partial charge in [-0.2, -0.15) is 0 Å². The van der Waals surface area contributed by atoms with E-state index in [0.29, 0.717) is 66.8 Å². The second-order valence-electron chi connectivity index (χ2n) is 15.8. The van der Waals surface area contributed by atoms with Crippen molar-refractivity contribution in [3.8, 4) is 69.0 Å². The fraction of sp³-hybridized carbons (Fsp3) is 0.333. The molecular formula is C54H54O12. The second-order valence-corrected chi connectivity index (χ2v) is 15.8. The lowest BCUT2D eigenvalue weighted by Gasteiger charge is -2.20. The summed E-state index contributed by atoms with van der Waals surface area (Å²) in [4.78, 5) is 0. The molecule has 66 heavy (non-hydrogen) atoms. The van der Waals surface area contributed by atoms with E-state index in [1.165, 1.54) is 90.1 Å². The molecule has 0 spiro atoms. The number of benzene rings is 6. The average molecular weight is 910 g/mol. The summed E-state index contributed by atoms with van der Waals surface area (Å²) in [7, 11) is 3.32. The molecule has 0 saturated heterocycles. The first-order chi connectivity index (χ1) is 37.9. The van der Waals surface area contributed by atoms with E-state index in [4.69, 9.17) is 61.0 Å². The molecule has 20 rings (SSSR count). The molecule has 0 N–H and O–H groups in total. The first kappa shape index (κ1) is 28.7. The molecule has 0 atom stereocenters. The summed E-state index contributed by atoms with van der Waals surface area (Å²) in [6.07, 6.45) is -0.273. The van der Waals surface area contributed by atoms with E-state index in [9.17, 15) is 16.4 Å². The van der Waals surface area contributed by atoms with Gasteiger partial charge in [-0.15, -0.1) is 0 Å². The maximum Gasteiger partial charge on any atom is 0.161 e. The highest BCUT2D eigenvalue weighted by molar-refractivity contribution is 5.60. The number of rotatable bonds is 6. The van der Waals surface area contributed by atoms with Crippen molar-refractivity contribution in [3.05, 3.63) is 140 Å². The Kier molecular flexibility index (Phi) is 8.03. The Morgan fingerprint density at radius 3 is 0.621 bits per heavy atom. The normalized spacial score (nSPS) is 23.0. The predicted molar refractivity (Wildman–Crippen MR) is 248 cm³/mol. The summed E-state index contributed by atoms with van der Waals surface area (Å²) in [5.74, 6) is -2.75. The van der Waals surface area contributed by atoms with Gasteiger partial charge in [-0.25, -0.2) is 0 Å². The Morgan fingerprint density at radius 2 is 0.455 bits per heavy atom. The van der Waals surface area contributed by atoms with Gasteiger partial charge in [0.15, 0.2) is 69.0 Å². The van der Waals surface area contributed by atoms with E-state index in [2.05, 4.69) is 0 Å². The van der Waals surface area contributed by atoms with Gasteiger partial charge in [0.1, 0.15) is 39.4 Å². The van der Waals surface area contributed by atoms with Crippen LogP contribution in [0.4, 0.5) is 0 Å². The molecule has 0 aromatic heterocycles. The Labute approximate surface area is 406 Å². The minimum atomic E-state index is -3.46. The van der Waals surface area contributed by atoms with Crippen molar-refractivity contribution in [3.63, 3.8) is 0 Å². The third-order valence-electron chi connectivity index (χ3n) is 12.2. The lowest BCUT2D eigenvalue weighted by atomic mass is 9.94. The van der Waals surface area contributed by atoms with Gasteiger partial charge in [-0.1, -0.05) is 0 Å². The van der Waals surface area contributed by atoms with Gasteiger partial charge >= 0.3 is 0 Å². The molecule has 342 valence electrons. The van der Waals surface area contributed by atoms with Crippen molar-refractivity contribution < 1.29 is 77.4 Å². The zero-order valence-electron chi connectivity index (χ0n) is 51.6. The fourth-order valence-corrected chi connectivity index (χ4v) is 8.88. The van der Waals surface area contributed by atoms with Crippen molar-refractivity contribution in [1.82, 2.24) is 0 Å². The van der Waals surface area contributed by atoms with Crippen molar-refractivity contribution in [2.45, 2.75) is 38.5 Å². The largest absolute Gasteiger partial charge is 0.493 e. The third-order valence-corrected chi connectivity index (χ3v) is 12.2. The smallest absolute Gasteiger partial charge is 0.161 e. The maximum atomic E-state index is 9.25. The number of methoxy groups -OCH3 is 6. The van der Waals surface area contributed by atoms with Crippen LogP contribution in [0.5, 0.6) is 69.0 Å². The van der Waals surface area contributed by atoms with Crippen LogP contribution >= 0.6 is 0 Å². The number of ether oxygens (including phenoxy) is 12. The van der Waals surface area contributed by atoms with Crippen molar-refractivity contribution in [2.75, 3.05) is 81.9 Å². The Hall–Kier alpha value is -7.08. The highest BCUT2D eigenvalue weighted by Gasteiger charge is 2.26. The van der Waals surface area contributed by atoms with E-state index >= 15 is 0 Å². The van der Waals surface area contributed by atoms with Crippen LogP contribution in [-0.2, 0) is 38.5 Å². The predicted octanol–water partition coefficient (Wildman–Crippen LogP) is 8.91. The van der Waals surface area contributed by atoms with Crippen molar-refractivity contribution >= 4 is 0 Å². The van der Waals surface area contributed by atoms with Gasteiger partial charge in [-0.3, -0.25) is 0 Å². The Bertz CT molecular complexity index is 3480. The molecule has 0 saturated carbocycles. The quantitative estimate of drug-likeness (QED) is 0.159. The van der Waals surface area contributed by atoms with E-state index in [-0.39, 0.29) is 96.0 Å². The molecule has 12 heterocycles. The second kappa shape index (κ2) is 18.4. The number of hydrogen-bond acceptors (Lipinski definition) is 12. The zero-order valence-corrected chi connectivity index (χ0v) is 36.6. The van der Waals surface area contributed by atoms with Gasteiger partial charge in [0.05, 0.1) is 63.1 Å². The van der Waals surface area contributed by atoms with Gasteiger partial charge in [0, 0.05) is 0 Å². The van der Waals surface area contributed by atoms with Gasteiger partial charge in [0.2, 0.25) is 0 Å². The van der Waals surface area contributed by atoms with Crippen LogP contribution in [0.15, 0.2) is 72.8 Å². The van der Waals surface area contributed by atoms with E-state index in [1.807, 2.05) is 0 Å². The van der Waals surface area contributed by atoms with E-state index in [0.717, 1.165) is 0 Å². The monoisotopic (exact) mass is 909 g/mol. The van der Waals surface area contributed by atoms with Crippen molar-refractivity contribution in [1.29, 1.82) is 0 Å².